The van der Waals surface area contributed by atoms with Crippen molar-refractivity contribution in [2.75, 3.05) is 0 Å². The van der Waals surface area contributed by atoms with Crippen LogP contribution >= 0.6 is 11.3 Å². The van der Waals surface area contributed by atoms with Gasteiger partial charge in [0.1, 0.15) is 11.3 Å². The van der Waals surface area contributed by atoms with Gasteiger partial charge in [-0.05, 0) is 61.6 Å². The van der Waals surface area contributed by atoms with Gasteiger partial charge in [0.05, 0.1) is 16.8 Å². The van der Waals surface area contributed by atoms with E-state index in [0.717, 1.165) is 35.1 Å². The number of nitrogens with zero attached hydrogens (tertiary/aromatic N) is 3. The molecule has 1 aliphatic carbocycles. The molecule has 5 aromatic rings. The first-order valence-corrected chi connectivity index (χ1v) is 12.2. The molecule has 34 heavy (non-hydrogen) atoms. The second kappa shape index (κ2) is 8.76. The Morgan fingerprint density at radius 3 is 2.74 bits per heavy atom. The largest absolute Gasteiger partial charge is 0.454 e. The lowest BCUT2D eigenvalue weighted by Crippen LogP contribution is -2.16. The number of aromatic nitrogens is 2. The molecular weight excluding hydrogens is 444 g/mol. The first-order chi connectivity index (χ1) is 16.7. The van der Waals surface area contributed by atoms with Gasteiger partial charge in [-0.1, -0.05) is 36.4 Å². The predicted molar refractivity (Wildman–Crippen MR) is 135 cm³/mol. The molecule has 0 saturated carbocycles. The summed E-state index contributed by atoms with van der Waals surface area (Å²) in [5.41, 5.74) is 7.11. The molecule has 0 aliphatic heterocycles. The molecule has 0 fully saturated rings. The highest BCUT2D eigenvalue weighted by atomic mass is 32.1. The van der Waals surface area contributed by atoms with Gasteiger partial charge < -0.3 is 4.42 Å². The zero-order chi connectivity index (χ0) is 22.9. The highest BCUT2D eigenvalue weighted by Crippen LogP contribution is 2.30. The molecule has 3 aromatic heterocycles. The van der Waals surface area contributed by atoms with Crippen molar-refractivity contribution in [3.63, 3.8) is 0 Å². The van der Waals surface area contributed by atoms with E-state index in [4.69, 9.17) is 9.52 Å². The Balaban J connectivity index is 1.31. The second-order valence-electron chi connectivity index (χ2n) is 8.33. The van der Waals surface area contributed by atoms with E-state index in [9.17, 15) is 4.79 Å². The van der Waals surface area contributed by atoms with Crippen LogP contribution in [0.5, 0.6) is 0 Å². The number of thiophene rings is 1. The average molecular weight is 467 g/mol. The number of hydrazone groups is 1. The van der Waals surface area contributed by atoms with Gasteiger partial charge in [-0.3, -0.25) is 4.79 Å². The summed E-state index contributed by atoms with van der Waals surface area (Å²) in [6.45, 7) is 0. The zero-order valence-electron chi connectivity index (χ0n) is 18.4. The summed E-state index contributed by atoms with van der Waals surface area (Å²) in [6, 6.07) is 21.7. The summed E-state index contributed by atoms with van der Waals surface area (Å²) in [7, 11) is 0. The number of rotatable bonds is 5. The number of benzene rings is 2. The monoisotopic (exact) mass is 466 g/mol. The van der Waals surface area contributed by atoms with Crippen molar-refractivity contribution in [3.05, 3.63) is 93.8 Å². The van der Waals surface area contributed by atoms with E-state index in [-0.39, 0.29) is 5.91 Å². The summed E-state index contributed by atoms with van der Waals surface area (Å²) >= 11 is 1.58. The Morgan fingerprint density at radius 1 is 1.06 bits per heavy atom. The summed E-state index contributed by atoms with van der Waals surface area (Å²) in [5, 5.41) is 10.0. The molecule has 6 nitrogen and oxygen atoms in total. The lowest BCUT2D eigenvalue weighted by Gasteiger charge is -2.08. The first-order valence-electron chi connectivity index (χ1n) is 11.3. The van der Waals surface area contributed by atoms with Crippen molar-refractivity contribution < 1.29 is 9.21 Å². The van der Waals surface area contributed by atoms with Gasteiger partial charge in [0.15, 0.2) is 5.76 Å². The Bertz CT molecular complexity index is 1450. The molecule has 0 atom stereocenters. The van der Waals surface area contributed by atoms with Gasteiger partial charge in [0.2, 0.25) is 0 Å². The minimum atomic E-state index is -0.184. The van der Waals surface area contributed by atoms with E-state index in [1.165, 1.54) is 23.3 Å². The molecule has 6 rings (SSSR count). The van der Waals surface area contributed by atoms with Crippen LogP contribution in [0.4, 0.5) is 0 Å². The third-order valence-electron chi connectivity index (χ3n) is 6.01. The van der Waals surface area contributed by atoms with E-state index in [1.807, 2.05) is 72.9 Å². The third kappa shape index (κ3) is 3.95. The Kier molecular flexibility index (Phi) is 5.31. The average Bonchev–Trinajstić information content (AvgIpc) is 3.60. The molecule has 0 bridgehead atoms. The van der Waals surface area contributed by atoms with Crippen LogP contribution in [0.1, 0.15) is 38.5 Å². The molecule has 0 spiro atoms. The smallest absolute Gasteiger partial charge is 0.281 e. The van der Waals surface area contributed by atoms with Crippen LogP contribution in [-0.2, 0) is 12.8 Å². The van der Waals surface area contributed by atoms with Crippen LogP contribution in [0, 0.1) is 0 Å². The number of carbonyl (C=O) groups excluding carboxylic acids is 1. The number of amides is 1. The highest BCUT2D eigenvalue weighted by Gasteiger charge is 2.18. The molecule has 168 valence electrons. The van der Waals surface area contributed by atoms with Crippen LogP contribution in [-0.4, -0.2) is 21.9 Å². The maximum atomic E-state index is 12.7. The van der Waals surface area contributed by atoms with Gasteiger partial charge in [0.25, 0.3) is 5.91 Å². The number of furan rings is 1. The first kappa shape index (κ1) is 20.6. The third-order valence-corrected chi connectivity index (χ3v) is 7.25. The normalized spacial score (nSPS) is 13.4. The van der Waals surface area contributed by atoms with Crippen molar-refractivity contribution >= 4 is 34.4 Å². The van der Waals surface area contributed by atoms with Crippen molar-refractivity contribution in [1.82, 2.24) is 15.2 Å². The summed E-state index contributed by atoms with van der Waals surface area (Å²) in [6.07, 6.45) is 8.03. The maximum Gasteiger partial charge on any atom is 0.281 e. The van der Waals surface area contributed by atoms with Gasteiger partial charge in [-0.25, -0.2) is 10.1 Å². The minimum absolute atomic E-state index is 0.184. The molecule has 2 aromatic carbocycles. The standard InChI is InChI=1S/C27H22N4O2S/c32-27(25-15-19-9-5-7-13-24(19)34-25)29-28-16-20-17-31(21-10-2-1-3-11-21)30-26(20)23-14-18-8-4-6-12-22(18)33-23/h1-4,6,8,10-12,14-17H,5,7,9,13H2,(H,29,32). The van der Waals surface area contributed by atoms with Gasteiger partial charge in [-0.15, -0.1) is 11.3 Å². The van der Waals surface area contributed by atoms with Gasteiger partial charge in [0, 0.05) is 22.0 Å². The fourth-order valence-corrected chi connectivity index (χ4v) is 5.45. The van der Waals surface area contributed by atoms with Gasteiger partial charge >= 0.3 is 0 Å². The topological polar surface area (TPSA) is 72.4 Å². The zero-order valence-corrected chi connectivity index (χ0v) is 19.2. The van der Waals surface area contributed by atoms with Crippen molar-refractivity contribution in [2.45, 2.75) is 25.7 Å². The van der Waals surface area contributed by atoms with Crippen molar-refractivity contribution in [1.29, 1.82) is 0 Å². The quantitative estimate of drug-likeness (QED) is 0.255. The van der Waals surface area contributed by atoms with Crippen LogP contribution in [0.3, 0.4) is 0 Å². The highest BCUT2D eigenvalue weighted by molar-refractivity contribution is 7.14. The number of aryl methyl sites for hydroxylation is 2. The van der Waals surface area contributed by atoms with Crippen molar-refractivity contribution in [2.24, 2.45) is 5.10 Å². The van der Waals surface area contributed by atoms with E-state index < -0.39 is 0 Å². The Morgan fingerprint density at radius 2 is 1.88 bits per heavy atom. The summed E-state index contributed by atoms with van der Waals surface area (Å²) in [4.78, 5) is 14.7. The molecule has 1 amide bonds. The number of para-hydroxylation sites is 2. The SMILES string of the molecule is O=C(NN=Cc1cn(-c2ccccc2)nc1-c1cc2ccccc2o1)c1cc2c(s1)CCCC2. The predicted octanol–water partition coefficient (Wildman–Crippen LogP) is 5.99. The summed E-state index contributed by atoms with van der Waals surface area (Å²) < 4.78 is 7.85. The Hall–Kier alpha value is -3.97. The molecule has 0 saturated heterocycles. The van der Waals surface area contributed by atoms with Crippen LogP contribution in [0.25, 0.3) is 28.1 Å². The number of hydrogen-bond donors (Lipinski definition) is 1. The molecular formula is C27H22N4O2S. The molecule has 0 radical (unpaired) electrons. The van der Waals surface area contributed by atoms with Crippen LogP contribution in [0.2, 0.25) is 0 Å². The molecule has 3 heterocycles. The second-order valence-corrected chi connectivity index (χ2v) is 9.46. The molecule has 7 heteroatoms. The number of carbonyl (C=O) groups is 1. The van der Waals surface area contributed by atoms with E-state index in [1.54, 1.807) is 22.2 Å². The number of hydrogen-bond acceptors (Lipinski definition) is 5. The van der Waals surface area contributed by atoms with Crippen molar-refractivity contribution in [3.8, 4) is 17.1 Å². The fraction of sp³-hybridized carbons (Fsp3) is 0.148. The lowest BCUT2D eigenvalue weighted by molar-refractivity contribution is 0.0959. The van der Waals surface area contributed by atoms with E-state index in [2.05, 4.69) is 10.5 Å². The Labute approximate surface area is 200 Å². The maximum absolute atomic E-state index is 12.7. The van der Waals surface area contributed by atoms with E-state index in [0.29, 0.717) is 16.3 Å². The molecule has 0 unspecified atom stereocenters. The fourth-order valence-electron chi connectivity index (χ4n) is 4.30. The lowest BCUT2D eigenvalue weighted by atomic mass is 9.99. The number of nitrogens with one attached hydrogen (secondary N) is 1. The van der Waals surface area contributed by atoms with Crippen LogP contribution < -0.4 is 5.43 Å². The van der Waals surface area contributed by atoms with E-state index >= 15 is 0 Å². The summed E-state index contributed by atoms with van der Waals surface area (Å²) in [5.74, 6) is 0.464. The van der Waals surface area contributed by atoms with Crippen LogP contribution in [0.15, 0.2) is 82.4 Å². The van der Waals surface area contributed by atoms with Gasteiger partial charge in [-0.2, -0.15) is 10.2 Å². The molecule has 1 aliphatic rings. The molecule has 1 N–H and O–H groups in total. The minimum Gasteiger partial charge on any atom is -0.454 e. The number of fused-ring (bicyclic) bond motifs is 2.